The maximum Gasteiger partial charge on any atom is 0.251 e. The Morgan fingerprint density at radius 2 is 2.33 bits per heavy atom. The molecule has 94 valence electrons. The number of hydrogen-bond donors (Lipinski definition) is 2. The van der Waals surface area contributed by atoms with Crippen LogP contribution in [0.25, 0.3) is 10.9 Å². The van der Waals surface area contributed by atoms with Crippen LogP contribution >= 0.6 is 0 Å². The lowest BCUT2D eigenvalue weighted by atomic mass is 10.1. The predicted molar refractivity (Wildman–Crippen MR) is 67.7 cm³/mol. The van der Waals surface area contributed by atoms with Crippen LogP contribution in [0.3, 0.4) is 0 Å². The lowest BCUT2D eigenvalue weighted by Gasteiger charge is -2.09. The first-order chi connectivity index (χ1) is 8.76. The highest BCUT2D eigenvalue weighted by Crippen LogP contribution is 2.25. The highest BCUT2D eigenvalue weighted by atomic mass is 16.5. The van der Waals surface area contributed by atoms with Crippen molar-refractivity contribution >= 4 is 16.8 Å². The highest BCUT2D eigenvalue weighted by molar-refractivity contribution is 5.99. The summed E-state index contributed by atoms with van der Waals surface area (Å²) in [5.41, 5.74) is 1.18. The standard InChI is InChI=1S/C13H14N2O3/c1-14-13(17)10-7-9-3-2-4-15-12(9)11(8-10)18-6-5-16/h2-4,7-8,16H,5-6H2,1H3,(H,14,17). The van der Waals surface area contributed by atoms with Crippen LogP contribution in [-0.4, -0.2) is 36.3 Å². The molecule has 0 bridgehead atoms. The van der Waals surface area contributed by atoms with Gasteiger partial charge in [0.2, 0.25) is 0 Å². The number of fused-ring (bicyclic) bond motifs is 1. The Hall–Kier alpha value is -2.14. The Balaban J connectivity index is 2.53. The second kappa shape index (κ2) is 5.46. The largest absolute Gasteiger partial charge is 0.489 e. The Morgan fingerprint density at radius 1 is 1.50 bits per heavy atom. The SMILES string of the molecule is CNC(=O)c1cc(OCCO)c2ncccc2c1. The average molecular weight is 246 g/mol. The van der Waals surface area contributed by atoms with Gasteiger partial charge in [0, 0.05) is 24.2 Å². The molecule has 1 heterocycles. The zero-order valence-corrected chi connectivity index (χ0v) is 10.0. The number of aromatic nitrogens is 1. The molecule has 2 N–H and O–H groups in total. The number of rotatable bonds is 4. The van der Waals surface area contributed by atoms with Crippen molar-refractivity contribution in [1.82, 2.24) is 10.3 Å². The van der Waals surface area contributed by atoms with Crippen LogP contribution in [0.1, 0.15) is 10.4 Å². The second-order valence-corrected chi connectivity index (χ2v) is 3.70. The molecule has 18 heavy (non-hydrogen) atoms. The number of hydrogen-bond acceptors (Lipinski definition) is 4. The molecule has 0 atom stereocenters. The number of carbonyl (C=O) groups is 1. The molecule has 0 radical (unpaired) electrons. The summed E-state index contributed by atoms with van der Waals surface area (Å²) in [6.07, 6.45) is 1.66. The van der Waals surface area contributed by atoms with E-state index in [4.69, 9.17) is 9.84 Å². The summed E-state index contributed by atoms with van der Waals surface area (Å²) in [6.45, 7) is 0.0847. The van der Waals surface area contributed by atoms with Crippen molar-refractivity contribution in [2.75, 3.05) is 20.3 Å². The van der Waals surface area contributed by atoms with E-state index >= 15 is 0 Å². The van der Waals surface area contributed by atoms with Gasteiger partial charge in [-0.15, -0.1) is 0 Å². The third-order valence-electron chi connectivity index (χ3n) is 2.51. The minimum Gasteiger partial charge on any atom is -0.489 e. The highest BCUT2D eigenvalue weighted by Gasteiger charge is 2.10. The minimum atomic E-state index is -0.186. The number of nitrogens with zero attached hydrogens (tertiary/aromatic N) is 1. The van der Waals surface area contributed by atoms with Crippen LogP contribution in [0.2, 0.25) is 0 Å². The molecule has 0 saturated carbocycles. The first-order valence-electron chi connectivity index (χ1n) is 5.60. The fraction of sp³-hybridized carbons (Fsp3) is 0.231. The molecule has 0 saturated heterocycles. The molecule has 0 spiro atoms. The predicted octanol–water partition coefficient (Wildman–Crippen LogP) is 0.965. The number of amides is 1. The zero-order valence-electron chi connectivity index (χ0n) is 10.0. The Labute approximate surface area is 104 Å². The molecule has 0 aliphatic heterocycles. The van der Waals surface area contributed by atoms with Crippen molar-refractivity contribution in [2.45, 2.75) is 0 Å². The van der Waals surface area contributed by atoms with E-state index < -0.39 is 0 Å². The van der Waals surface area contributed by atoms with Crippen LogP contribution in [0, 0.1) is 0 Å². The normalized spacial score (nSPS) is 10.3. The van der Waals surface area contributed by atoms with E-state index in [1.807, 2.05) is 6.07 Å². The van der Waals surface area contributed by atoms with Gasteiger partial charge in [-0.1, -0.05) is 6.07 Å². The molecular formula is C13H14N2O3. The lowest BCUT2D eigenvalue weighted by molar-refractivity contribution is 0.0962. The summed E-state index contributed by atoms with van der Waals surface area (Å²) in [6, 6.07) is 7.04. The minimum absolute atomic E-state index is 0.0848. The van der Waals surface area contributed by atoms with E-state index in [-0.39, 0.29) is 19.1 Å². The molecular weight excluding hydrogens is 232 g/mol. The summed E-state index contributed by atoms with van der Waals surface area (Å²) in [5, 5.41) is 12.2. The van der Waals surface area contributed by atoms with Crippen LogP contribution in [0.5, 0.6) is 5.75 Å². The first-order valence-corrected chi connectivity index (χ1v) is 5.60. The molecule has 5 nitrogen and oxygen atoms in total. The Morgan fingerprint density at radius 3 is 3.06 bits per heavy atom. The summed E-state index contributed by atoms with van der Waals surface area (Å²) in [7, 11) is 1.57. The lowest BCUT2D eigenvalue weighted by Crippen LogP contribution is -2.18. The van der Waals surface area contributed by atoms with Gasteiger partial charge in [-0.3, -0.25) is 9.78 Å². The van der Waals surface area contributed by atoms with Crippen molar-refractivity contribution in [3.63, 3.8) is 0 Å². The molecule has 1 amide bonds. The summed E-state index contributed by atoms with van der Waals surface area (Å²) in [4.78, 5) is 15.9. The number of carbonyl (C=O) groups excluding carboxylic acids is 1. The van der Waals surface area contributed by atoms with Crippen molar-refractivity contribution in [1.29, 1.82) is 0 Å². The molecule has 0 unspecified atom stereocenters. The van der Waals surface area contributed by atoms with Gasteiger partial charge in [0.25, 0.3) is 5.91 Å². The summed E-state index contributed by atoms with van der Waals surface area (Å²) in [5.74, 6) is 0.315. The number of aliphatic hydroxyl groups is 1. The molecule has 1 aromatic heterocycles. The van der Waals surface area contributed by atoms with Gasteiger partial charge < -0.3 is 15.2 Å². The number of benzene rings is 1. The monoisotopic (exact) mass is 246 g/mol. The fourth-order valence-corrected chi connectivity index (χ4v) is 1.70. The molecule has 2 rings (SSSR count). The van der Waals surface area contributed by atoms with E-state index in [0.717, 1.165) is 5.39 Å². The van der Waals surface area contributed by atoms with Crippen molar-refractivity contribution in [3.05, 3.63) is 36.0 Å². The molecule has 0 aliphatic carbocycles. The van der Waals surface area contributed by atoms with Crippen molar-refractivity contribution in [3.8, 4) is 5.75 Å². The summed E-state index contributed by atoms with van der Waals surface area (Å²) >= 11 is 0. The quantitative estimate of drug-likeness (QED) is 0.843. The third-order valence-corrected chi connectivity index (χ3v) is 2.51. The topological polar surface area (TPSA) is 71.5 Å². The van der Waals surface area contributed by atoms with Gasteiger partial charge in [0.15, 0.2) is 0 Å². The van der Waals surface area contributed by atoms with E-state index in [2.05, 4.69) is 10.3 Å². The van der Waals surface area contributed by atoms with Gasteiger partial charge in [0.05, 0.1) is 6.61 Å². The first kappa shape index (κ1) is 12.3. The van der Waals surface area contributed by atoms with Gasteiger partial charge in [-0.05, 0) is 18.2 Å². The van der Waals surface area contributed by atoms with E-state index in [1.165, 1.54) is 0 Å². The van der Waals surface area contributed by atoms with Crippen LogP contribution in [0.4, 0.5) is 0 Å². The Bertz CT molecular complexity index is 569. The number of nitrogens with one attached hydrogen (secondary N) is 1. The van der Waals surface area contributed by atoms with Crippen LogP contribution in [0.15, 0.2) is 30.5 Å². The van der Waals surface area contributed by atoms with Crippen molar-refractivity contribution in [2.24, 2.45) is 0 Å². The van der Waals surface area contributed by atoms with Gasteiger partial charge >= 0.3 is 0 Å². The number of aliphatic hydroxyl groups excluding tert-OH is 1. The van der Waals surface area contributed by atoms with Crippen molar-refractivity contribution < 1.29 is 14.6 Å². The molecule has 0 aliphatic rings. The van der Waals surface area contributed by atoms with Gasteiger partial charge in [-0.2, -0.15) is 0 Å². The smallest absolute Gasteiger partial charge is 0.251 e. The molecule has 2 aromatic rings. The Kier molecular flexibility index (Phi) is 3.74. The maximum absolute atomic E-state index is 11.6. The van der Waals surface area contributed by atoms with Crippen LogP contribution < -0.4 is 10.1 Å². The number of pyridine rings is 1. The van der Waals surface area contributed by atoms with E-state index in [0.29, 0.717) is 16.8 Å². The maximum atomic E-state index is 11.6. The van der Waals surface area contributed by atoms with E-state index in [9.17, 15) is 4.79 Å². The van der Waals surface area contributed by atoms with Gasteiger partial charge in [-0.25, -0.2) is 0 Å². The average Bonchev–Trinajstić information content (AvgIpc) is 2.43. The molecule has 0 fully saturated rings. The van der Waals surface area contributed by atoms with E-state index in [1.54, 1.807) is 31.4 Å². The molecule has 5 heteroatoms. The van der Waals surface area contributed by atoms with Gasteiger partial charge in [0.1, 0.15) is 17.9 Å². The third kappa shape index (κ3) is 2.41. The fourth-order valence-electron chi connectivity index (χ4n) is 1.70. The molecule has 1 aromatic carbocycles. The summed E-state index contributed by atoms with van der Waals surface area (Å²) < 4.78 is 5.41. The number of ether oxygens (including phenoxy) is 1. The zero-order chi connectivity index (χ0) is 13.0. The second-order valence-electron chi connectivity index (χ2n) is 3.70. The van der Waals surface area contributed by atoms with Crippen LogP contribution in [-0.2, 0) is 0 Å².